The number of nitrogens with zero attached hydrogens (tertiary/aromatic N) is 4. The van der Waals surface area contributed by atoms with Gasteiger partial charge in [-0.2, -0.15) is 0 Å². The second kappa shape index (κ2) is 31.6. The molecular weight excluding hydrogens is 1700 g/mol. The van der Waals surface area contributed by atoms with Crippen LogP contribution in [0.2, 0.25) is 0 Å². The van der Waals surface area contributed by atoms with Crippen molar-refractivity contribution < 1.29 is 0 Å². The molecule has 0 atom stereocenters. The number of para-hydroxylation sites is 3. The quantitative estimate of drug-likeness (QED) is 0.0901. The number of fused-ring (bicyclic) bond motifs is 18. The Labute approximate surface area is 795 Å². The normalized spacial score (nSPS) is 12.9. The van der Waals surface area contributed by atoms with Gasteiger partial charge in [-0.25, -0.2) is 0 Å². The van der Waals surface area contributed by atoms with Gasteiger partial charge in [-0.05, 0) is 301 Å². The molecule has 20 aromatic carbocycles. The van der Waals surface area contributed by atoms with Crippen LogP contribution >= 0.6 is 45.3 Å². The van der Waals surface area contributed by atoms with E-state index in [4.69, 9.17) is 0 Å². The summed E-state index contributed by atoms with van der Waals surface area (Å²) in [6.07, 6.45) is 0. The van der Waals surface area contributed by atoms with E-state index in [2.05, 4.69) is 496 Å². The summed E-state index contributed by atoms with van der Waals surface area (Å²) in [5.74, 6) is 0. The molecule has 0 bridgehead atoms. The Kier molecular flexibility index (Phi) is 18.7. The maximum Gasteiger partial charge on any atom is 0.0465 e. The first-order chi connectivity index (χ1) is 65.9. The molecule has 0 fully saturated rings. The van der Waals surface area contributed by atoms with Crippen molar-refractivity contribution in [3.05, 3.63) is 471 Å². The van der Waals surface area contributed by atoms with Gasteiger partial charge < -0.3 is 19.6 Å². The second-order valence-corrected chi connectivity index (χ2v) is 40.9. The number of anilines is 12. The van der Waals surface area contributed by atoms with Crippen molar-refractivity contribution >= 4 is 194 Å². The van der Waals surface area contributed by atoms with Gasteiger partial charge in [-0.1, -0.05) is 270 Å². The highest BCUT2D eigenvalue weighted by Crippen LogP contribution is 2.57. The molecule has 0 saturated heterocycles. The SMILES string of the molecule is CC1(C)c2cc(N(c3ccccc3)c3ccc(-c4ccc5sc6ccccc6c5c4)cc3)ccc2-c2ccc(N(c3ccc(-c4ccc5sc6ccccc6c5c4)cc3)c3ccc(-c4cc(-c5ccc(N(c6ccccc6)c6ccc7c(c6)C(C)(C)c6cc(N(c8ccccc8)c8ccc(-c9cccc%10c9sc9ccccc9%10)cc8)ccc6-7)cc5)c5sc6ccccc6c5c4)cc3)cc21. The summed E-state index contributed by atoms with van der Waals surface area (Å²) in [7, 11) is 0. The van der Waals surface area contributed by atoms with E-state index in [-0.39, 0.29) is 10.8 Å². The molecule has 4 aromatic heterocycles. The summed E-state index contributed by atoms with van der Waals surface area (Å²) < 4.78 is 10.4. The van der Waals surface area contributed by atoms with Crippen molar-refractivity contribution in [1.29, 1.82) is 0 Å². The lowest BCUT2D eigenvalue weighted by Crippen LogP contribution is -2.17. The van der Waals surface area contributed by atoms with Crippen molar-refractivity contribution in [2.45, 2.75) is 38.5 Å². The average Bonchev–Trinajstić information content (AvgIpc) is 1.58. The maximum absolute atomic E-state index is 2.47. The molecular formula is C126H86N4S4. The Hall–Kier alpha value is -15.5. The molecule has 24 aromatic rings. The first kappa shape index (κ1) is 79.4. The van der Waals surface area contributed by atoms with Gasteiger partial charge in [0.2, 0.25) is 0 Å². The van der Waals surface area contributed by atoms with Gasteiger partial charge >= 0.3 is 0 Å². The van der Waals surface area contributed by atoms with Gasteiger partial charge in [-0.3, -0.25) is 0 Å². The van der Waals surface area contributed by atoms with Gasteiger partial charge in [0.1, 0.15) is 0 Å². The van der Waals surface area contributed by atoms with Crippen LogP contribution < -0.4 is 19.6 Å². The molecule has 0 radical (unpaired) electrons. The van der Waals surface area contributed by atoms with E-state index in [1.807, 2.05) is 45.3 Å². The standard InChI is InChI=1S/C126H86N4S4/c1-125(2)114-76-96(128(88-25-10-6-11-26-88)93-57-45-82(46-58-93)99-33-22-34-108-104-29-14-20-37-119(104)133-123(99)108)62-66-100(114)101-67-63-97(77-115(101)125)129(89-27-12-7-13-28-89)94-59-47-83(48-60-94)109-73-86(74-112-107-32-17-21-38-120(107)134-124(109)112)81-43-55-92(56-44-81)130(91-53-41-80(42-54-91)85-50-70-122-111(72-85)106-31-16-19-36-118(106)132-122)98-64-68-103-102-65-61-95(75-113(102)126(3,4)116(103)78-98)127(87-23-8-5-9-24-87)90-51-39-79(40-52-90)84-49-69-121-110(71-84)105-30-15-18-35-117(105)131-121/h5-78H,1-4H3. The molecule has 4 heterocycles. The molecule has 2 aliphatic rings. The minimum Gasteiger partial charge on any atom is -0.310 e. The zero-order valence-corrected chi connectivity index (χ0v) is 77.4. The van der Waals surface area contributed by atoms with E-state index in [0.717, 1.165) is 84.9 Å². The molecule has 26 rings (SSSR count). The van der Waals surface area contributed by atoms with Crippen LogP contribution in [-0.4, -0.2) is 0 Å². The predicted octanol–water partition coefficient (Wildman–Crippen LogP) is 38.0. The van der Waals surface area contributed by atoms with Crippen LogP contribution in [0.5, 0.6) is 0 Å². The fourth-order valence-electron chi connectivity index (χ4n) is 21.5. The summed E-state index contributed by atoms with van der Waals surface area (Å²) in [5.41, 5.74) is 34.7. The highest BCUT2D eigenvalue weighted by atomic mass is 32.1. The summed E-state index contributed by atoms with van der Waals surface area (Å²) >= 11 is 7.49. The van der Waals surface area contributed by atoms with Crippen molar-refractivity contribution in [1.82, 2.24) is 0 Å². The number of thiophene rings is 4. The zero-order valence-electron chi connectivity index (χ0n) is 74.1. The van der Waals surface area contributed by atoms with Crippen molar-refractivity contribution in [3.8, 4) is 77.9 Å². The third-order valence-electron chi connectivity index (χ3n) is 28.2. The summed E-state index contributed by atoms with van der Waals surface area (Å²) in [5, 5.41) is 10.4. The van der Waals surface area contributed by atoms with Gasteiger partial charge in [0.15, 0.2) is 0 Å². The summed E-state index contributed by atoms with van der Waals surface area (Å²) in [6, 6.07) is 168. The second-order valence-electron chi connectivity index (χ2n) is 36.6. The van der Waals surface area contributed by atoms with Crippen LogP contribution in [0.15, 0.2) is 449 Å². The molecule has 0 unspecified atom stereocenters. The van der Waals surface area contributed by atoms with Crippen molar-refractivity contribution in [2.75, 3.05) is 19.6 Å². The number of benzene rings is 20. The maximum atomic E-state index is 2.47. The molecule has 134 heavy (non-hydrogen) atoms. The van der Waals surface area contributed by atoms with Crippen LogP contribution in [0.4, 0.5) is 68.2 Å². The zero-order chi connectivity index (χ0) is 89.0. The molecule has 8 heteroatoms. The lowest BCUT2D eigenvalue weighted by molar-refractivity contribution is 0.660. The highest BCUT2D eigenvalue weighted by molar-refractivity contribution is 7.27. The van der Waals surface area contributed by atoms with Crippen LogP contribution in [0.1, 0.15) is 49.9 Å². The third-order valence-corrected chi connectivity index (χ3v) is 33.0. The van der Waals surface area contributed by atoms with E-state index < -0.39 is 0 Å². The fraction of sp³-hybridized carbons (Fsp3) is 0.0476. The van der Waals surface area contributed by atoms with Gasteiger partial charge in [0, 0.05) is 165 Å². The lowest BCUT2D eigenvalue weighted by atomic mass is 9.82. The topological polar surface area (TPSA) is 13.0 Å². The number of hydrogen-bond acceptors (Lipinski definition) is 8. The van der Waals surface area contributed by atoms with E-state index in [0.29, 0.717) is 0 Å². The Morgan fingerprint density at radius 3 is 0.769 bits per heavy atom. The summed E-state index contributed by atoms with van der Waals surface area (Å²) in [4.78, 5) is 9.72. The van der Waals surface area contributed by atoms with Gasteiger partial charge in [-0.15, -0.1) is 45.3 Å². The number of hydrogen-bond donors (Lipinski definition) is 0. The minimum absolute atomic E-state index is 0.329. The van der Waals surface area contributed by atoms with Crippen molar-refractivity contribution in [2.24, 2.45) is 0 Å². The van der Waals surface area contributed by atoms with Crippen LogP contribution in [0, 0.1) is 0 Å². The molecule has 0 spiro atoms. The minimum atomic E-state index is -0.358. The summed E-state index contributed by atoms with van der Waals surface area (Å²) in [6.45, 7) is 9.63. The Morgan fingerprint density at radius 2 is 0.403 bits per heavy atom. The Morgan fingerprint density at radius 1 is 0.149 bits per heavy atom. The van der Waals surface area contributed by atoms with E-state index >= 15 is 0 Å². The molecule has 0 aliphatic heterocycles. The van der Waals surface area contributed by atoms with E-state index in [9.17, 15) is 0 Å². The van der Waals surface area contributed by atoms with E-state index in [1.165, 1.54) is 164 Å². The van der Waals surface area contributed by atoms with Crippen LogP contribution in [0.25, 0.3) is 159 Å². The highest BCUT2D eigenvalue weighted by Gasteiger charge is 2.39. The molecule has 634 valence electrons. The monoisotopic (exact) mass is 1780 g/mol. The first-order valence-electron chi connectivity index (χ1n) is 46.0. The fourth-order valence-corrected chi connectivity index (χ4v) is 26.1. The van der Waals surface area contributed by atoms with Crippen molar-refractivity contribution in [3.63, 3.8) is 0 Å². The smallest absolute Gasteiger partial charge is 0.0465 e. The third kappa shape index (κ3) is 13.2. The number of rotatable bonds is 17. The first-order valence-corrected chi connectivity index (χ1v) is 49.3. The van der Waals surface area contributed by atoms with Crippen LogP contribution in [0.3, 0.4) is 0 Å². The molecule has 2 aliphatic carbocycles. The molecule has 0 N–H and O–H groups in total. The largest absolute Gasteiger partial charge is 0.310 e. The van der Waals surface area contributed by atoms with E-state index in [1.54, 1.807) is 0 Å². The Balaban J connectivity index is 0.527. The lowest BCUT2D eigenvalue weighted by Gasteiger charge is -2.29. The molecule has 0 saturated carbocycles. The van der Waals surface area contributed by atoms with Gasteiger partial charge in [0.05, 0.1) is 0 Å². The van der Waals surface area contributed by atoms with Gasteiger partial charge in [0.25, 0.3) is 0 Å². The molecule has 4 nitrogen and oxygen atoms in total. The van der Waals surface area contributed by atoms with Crippen LogP contribution in [-0.2, 0) is 10.8 Å². The molecule has 0 amide bonds. The average molecular weight is 1780 g/mol. The predicted molar refractivity (Wildman–Crippen MR) is 579 cm³/mol. The Bertz CT molecular complexity index is 8790.